The predicted octanol–water partition coefficient (Wildman–Crippen LogP) is 5.73. The Kier molecular flexibility index (Phi) is 6.37. The molecule has 38 heavy (non-hydrogen) atoms. The number of hydrogen-bond acceptors (Lipinski definition) is 6. The molecule has 7 nitrogen and oxygen atoms in total. The second-order valence-electron chi connectivity index (χ2n) is 9.82. The van der Waals surface area contributed by atoms with Crippen LogP contribution in [-0.2, 0) is 16.5 Å². The number of fused-ring (bicyclic) bond motifs is 3. The molecular formula is C30H29N3O4S. The fourth-order valence-corrected chi connectivity index (χ4v) is 6.71. The molecule has 2 aromatic carbocycles. The zero-order valence-corrected chi connectivity index (χ0v) is 22.5. The number of methoxy groups -OCH3 is 1. The van der Waals surface area contributed by atoms with E-state index in [9.17, 15) is 9.59 Å². The van der Waals surface area contributed by atoms with Crippen LogP contribution < -0.4 is 4.87 Å². The van der Waals surface area contributed by atoms with Crippen LogP contribution >= 0.6 is 11.3 Å². The minimum Gasteiger partial charge on any atom is -0.465 e. The Bertz CT molecular complexity index is 1710. The van der Waals surface area contributed by atoms with Crippen molar-refractivity contribution in [3.8, 4) is 11.3 Å². The molecule has 0 spiro atoms. The van der Waals surface area contributed by atoms with E-state index in [1.807, 2.05) is 31.3 Å². The highest BCUT2D eigenvalue weighted by molar-refractivity contribution is 7.09. The Morgan fingerprint density at radius 3 is 2.55 bits per heavy atom. The highest BCUT2D eigenvalue weighted by atomic mass is 32.1. The lowest BCUT2D eigenvalue weighted by Gasteiger charge is -2.33. The predicted molar refractivity (Wildman–Crippen MR) is 150 cm³/mol. The molecule has 6 rings (SSSR count). The Morgan fingerprint density at radius 2 is 1.87 bits per heavy atom. The lowest BCUT2D eigenvalue weighted by molar-refractivity contribution is 0.0553. The number of esters is 1. The normalized spacial score (nSPS) is 15.2. The van der Waals surface area contributed by atoms with E-state index < -0.39 is 0 Å². The number of benzene rings is 2. The van der Waals surface area contributed by atoms with Gasteiger partial charge in [-0.25, -0.2) is 4.79 Å². The van der Waals surface area contributed by atoms with Gasteiger partial charge in [0.15, 0.2) is 0 Å². The summed E-state index contributed by atoms with van der Waals surface area (Å²) in [4.78, 5) is 30.9. The molecule has 8 heteroatoms. The van der Waals surface area contributed by atoms with Gasteiger partial charge in [-0.1, -0.05) is 41.7 Å². The summed E-state index contributed by atoms with van der Waals surface area (Å²) in [6, 6.07) is 18.4. The standard InChI is InChI=1S/C30H29N3O4S/c1-18-27(32(2)30(35)38-18)22-16-25-26(31-17-22)23-10-9-21(29(34)36-3)15-24(23)33(25)28(19-7-5-4-6-8-19)20-11-13-37-14-12-20/h4-10,15-17,20,28H,11-14H2,1-3H3. The lowest BCUT2D eigenvalue weighted by Crippen LogP contribution is -2.27. The summed E-state index contributed by atoms with van der Waals surface area (Å²) in [5.41, 5.74) is 6.24. The molecule has 1 unspecified atom stereocenters. The van der Waals surface area contributed by atoms with E-state index in [1.54, 1.807) is 17.7 Å². The van der Waals surface area contributed by atoms with Gasteiger partial charge in [-0.05, 0) is 55.5 Å². The minimum atomic E-state index is -0.372. The van der Waals surface area contributed by atoms with Gasteiger partial charge in [0.1, 0.15) is 0 Å². The molecule has 3 aromatic heterocycles. The number of ether oxygens (including phenoxy) is 2. The maximum absolute atomic E-state index is 12.5. The summed E-state index contributed by atoms with van der Waals surface area (Å²) in [5.74, 6) is -0.0359. The van der Waals surface area contributed by atoms with Gasteiger partial charge in [-0.2, -0.15) is 0 Å². The molecule has 1 atom stereocenters. The van der Waals surface area contributed by atoms with Crippen LogP contribution in [0.5, 0.6) is 0 Å². The first-order chi connectivity index (χ1) is 18.5. The van der Waals surface area contributed by atoms with Crippen molar-refractivity contribution >= 4 is 39.2 Å². The molecule has 1 saturated heterocycles. The minimum absolute atomic E-state index is 0.00484. The van der Waals surface area contributed by atoms with Crippen molar-refractivity contribution in [2.45, 2.75) is 25.8 Å². The van der Waals surface area contributed by atoms with Crippen molar-refractivity contribution in [1.82, 2.24) is 14.1 Å². The number of aromatic nitrogens is 3. The largest absolute Gasteiger partial charge is 0.465 e. The highest BCUT2D eigenvalue weighted by Gasteiger charge is 2.30. The Morgan fingerprint density at radius 1 is 1.11 bits per heavy atom. The molecule has 0 radical (unpaired) electrons. The van der Waals surface area contributed by atoms with E-state index in [1.165, 1.54) is 24.0 Å². The maximum Gasteiger partial charge on any atom is 0.337 e. The Balaban J connectivity index is 1.69. The number of hydrogen-bond donors (Lipinski definition) is 0. The molecule has 1 fully saturated rings. The first-order valence-corrected chi connectivity index (χ1v) is 13.6. The third-order valence-electron chi connectivity index (χ3n) is 7.65. The number of aryl methyl sites for hydroxylation is 1. The maximum atomic E-state index is 12.5. The van der Waals surface area contributed by atoms with Crippen molar-refractivity contribution in [2.24, 2.45) is 13.0 Å². The van der Waals surface area contributed by atoms with Crippen LogP contribution in [-0.4, -0.2) is 40.4 Å². The zero-order valence-electron chi connectivity index (χ0n) is 21.6. The second kappa shape index (κ2) is 9.85. The van der Waals surface area contributed by atoms with Gasteiger partial charge in [0.05, 0.1) is 41.0 Å². The first-order valence-electron chi connectivity index (χ1n) is 12.8. The Hall–Kier alpha value is -3.75. The fraction of sp³-hybridized carbons (Fsp3) is 0.300. The number of nitrogens with zero attached hydrogens (tertiary/aromatic N) is 3. The molecule has 1 aliphatic heterocycles. The number of carbonyl (C=O) groups is 1. The molecule has 0 N–H and O–H groups in total. The molecular weight excluding hydrogens is 498 g/mol. The van der Waals surface area contributed by atoms with Crippen LogP contribution in [0.15, 0.2) is 65.6 Å². The highest BCUT2D eigenvalue weighted by Crippen LogP contribution is 2.41. The van der Waals surface area contributed by atoms with Gasteiger partial charge < -0.3 is 18.6 Å². The average Bonchev–Trinajstić information content (AvgIpc) is 3.40. The van der Waals surface area contributed by atoms with E-state index in [-0.39, 0.29) is 16.9 Å². The van der Waals surface area contributed by atoms with Crippen LogP contribution in [0.3, 0.4) is 0 Å². The lowest BCUT2D eigenvalue weighted by atomic mass is 9.86. The summed E-state index contributed by atoms with van der Waals surface area (Å²) in [7, 11) is 3.20. The van der Waals surface area contributed by atoms with Crippen LogP contribution in [0.2, 0.25) is 0 Å². The third-order valence-corrected chi connectivity index (χ3v) is 8.60. The van der Waals surface area contributed by atoms with Crippen molar-refractivity contribution in [2.75, 3.05) is 20.3 Å². The summed E-state index contributed by atoms with van der Waals surface area (Å²) in [6.07, 6.45) is 3.71. The topological polar surface area (TPSA) is 75.4 Å². The average molecular weight is 528 g/mol. The van der Waals surface area contributed by atoms with E-state index >= 15 is 0 Å². The number of thiazole rings is 1. The van der Waals surface area contributed by atoms with Gasteiger partial charge in [0.25, 0.3) is 0 Å². The monoisotopic (exact) mass is 527 g/mol. The van der Waals surface area contributed by atoms with E-state index in [0.717, 1.165) is 64.1 Å². The van der Waals surface area contributed by atoms with Gasteiger partial charge in [0, 0.05) is 42.3 Å². The van der Waals surface area contributed by atoms with Crippen molar-refractivity contribution in [3.63, 3.8) is 0 Å². The zero-order chi connectivity index (χ0) is 26.4. The Labute approximate surface area is 224 Å². The van der Waals surface area contributed by atoms with E-state index in [2.05, 4.69) is 34.9 Å². The number of rotatable bonds is 5. The second-order valence-corrected chi connectivity index (χ2v) is 11.0. The van der Waals surface area contributed by atoms with Gasteiger partial charge >= 0.3 is 10.8 Å². The van der Waals surface area contributed by atoms with E-state index in [0.29, 0.717) is 11.5 Å². The fourth-order valence-electron chi connectivity index (χ4n) is 5.87. The SMILES string of the molecule is COC(=O)c1ccc2c3ncc(-c4c(C)sc(=O)n4C)cc3n(C(c3ccccc3)C3CCOCC3)c2c1. The van der Waals surface area contributed by atoms with Gasteiger partial charge in [-0.15, -0.1) is 0 Å². The number of carbonyl (C=O) groups excluding carboxylic acids is 1. The molecule has 1 aliphatic rings. The molecule has 0 bridgehead atoms. The summed E-state index contributed by atoms with van der Waals surface area (Å²) in [5, 5.41) is 0.975. The summed E-state index contributed by atoms with van der Waals surface area (Å²) >= 11 is 1.25. The van der Waals surface area contributed by atoms with Gasteiger partial charge in [0.2, 0.25) is 0 Å². The van der Waals surface area contributed by atoms with Crippen LogP contribution in [0.25, 0.3) is 33.2 Å². The molecule has 5 aromatic rings. The number of pyridine rings is 1. The molecule has 4 heterocycles. The quantitative estimate of drug-likeness (QED) is 0.273. The first kappa shape index (κ1) is 24.6. The van der Waals surface area contributed by atoms with Gasteiger partial charge in [-0.3, -0.25) is 9.78 Å². The van der Waals surface area contributed by atoms with Crippen molar-refractivity contribution in [1.29, 1.82) is 0 Å². The van der Waals surface area contributed by atoms with Crippen LogP contribution in [0.1, 0.15) is 39.7 Å². The molecule has 0 saturated carbocycles. The van der Waals surface area contributed by atoms with Crippen LogP contribution in [0.4, 0.5) is 0 Å². The van der Waals surface area contributed by atoms with Crippen LogP contribution in [0, 0.1) is 12.8 Å². The summed E-state index contributed by atoms with van der Waals surface area (Å²) in [6.45, 7) is 3.41. The van der Waals surface area contributed by atoms with Crippen molar-refractivity contribution < 1.29 is 14.3 Å². The van der Waals surface area contributed by atoms with E-state index in [4.69, 9.17) is 14.5 Å². The molecule has 0 amide bonds. The van der Waals surface area contributed by atoms with Crippen molar-refractivity contribution in [3.05, 3.63) is 86.5 Å². The smallest absolute Gasteiger partial charge is 0.337 e. The third kappa shape index (κ3) is 4.04. The molecule has 194 valence electrons. The summed E-state index contributed by atoms with van der Waals surface area (Å²) < 4.78 is 14.8. The molecule has 0 aliphatic carbocycles.